The summed E-state index contributed by atoms with van der Waals surface area (Å²) in [6, 6.07) is 14.8. The lowest BCUT2D eigenvalue weighted by molar-refractivity contribution is -0.138. The first-order valence-electron chi connectivity index (χ1n) is 11.8. The van der Waals surface area contributed by atoms with E-state index in [4.69, 9.17) is 11.6 Å². The van der Waals surface area contributed by atoms with E-state index in [1.54, 1.807) is 23.6 Å². The molecule has 8 heteroatoms. The molecule has 178 valence electrons. The summed E-state index contributed by atoms with van der Waals surface area (Å²) in [5.41, 5.74) is 0.659. The number of carbonyl (C=O) groups excluding carboxylic acids is 1. The van der Waals surface area contributed by atoms with Crippen molar-refractivity contribution >= 4 is 34.7 Å². The van der Waals surface area contributed by atoms with Crippen LogP contribution in [0.3, 0.4) is 0 Å². The van der Waals surface area contributed by atoms with Crippen LogP contribution in [0, 0.1) is 11.7 Å². The Morgan fingerprint density at radius 1 is 1.00 bits per heavy atom. The molecule has 0 radical (unpaired) electrons. The van der Waals surface area contributed by atoms with Crippen LogP contribution in [0.1, 0.15) is 17.7 Å². The first kappa shape index (κ1) is 23.3. The minimum absolute atomic E-state index is 0.0933. The Labute approximate surface area is 208 Å². The molecule has 2 saturated heterocycles. The Morgan fingerprint density at radius 3 is 2.47 bits per heavy atom. The van der Waals surface area contributed by atoms with Gasteiger partial charge in [0.1, 0.15) is 11.6 Å². The molecular weight excluding hydrogens is 471 g/mol. The molecule has 1 aromatic carbocycles. The van der Waals surface area contributed by atoms with E-state index < -0.39 is 0 Å². The topological polar surface area (TPSA) is 39.7 Å². The molecule has 1 amide bonds. The van der Waals surface area contributed by atoms with Crippen LogP contribution in [0.4, 0.5) is 10.2 Å². The first-order valence-corrected chi connectivity index (χ1v) is 13.0. The zero-order valence-corrected chi connectivity index (χ0v) is 20.6. The number of piperidine rings is 1. The molecule has 5 nitrogen and oxygen atoms in total. The number of rotatable bonds is 5. The maximum Gasteiger partial charge on any atom is 0.225 e. The highest BCUT2D eigenvalue weighted by Crippen LogP contribution is 2.31. The van der Waals surface area contributed by atoms with Crippen molar-refractivity contribution in [3.8, 4) is 10.4 Å². The molecular formula is C26H28ClFN4OS. The minimum atomic E-state index is -0.182. The van der Waals surface area contributed by atoms with Gasteiger partial charge in [0.25, 0.3) is 0 Å². The highest BCUT2D eigenvalue weighted by Gasteiger charge is 2.30. The maximum atomic E-state index is 14.1. The summed E-state index contributed by atoms with van der Waals surface area (Å²) < 4.78 is 14.1. The molecule has 0 N–H and O–H groups in total. The smallest absolute Gasteiger partial charge is 0.225 e. The summed E-state index contributed by atoms with van der Waals surface area (Å²) >= 11 is 7.58. The number of carbonyl (C=O) groups is 1. The molecule has 0 saturated carbocycles. The van der Waals surface area contributed by atoms with Gasteiger partial charge in [0.05, 0.1) is 5.02 Å². The average Bonchev–Trinajstić information content (AvgIpc) is 3.33. The fraction of sp³-hybridized carbons (Fsp3) is 0.385. The number of anilines is 1. The molecule has 2 aromatic heterocycles. The van der Waals surface area contributed by atoms with Crippen molar-refractivity contribution in [1.82, 2.24) is 14.8 Å². The van der Waals surface area contributed by atoms with Gasteiger partial charge < -0.3 is 9.80 Å². The number of thiophene rings is 1. The predicted molar refractivity (Wildman–Crippen MR) is 136 cm³/mol. The lowest BCUT2D eigenvalue weighted by Gasteiger charge is -2.38. The van der Waals surface area contributed by atoms with Crippen LogP contribution in [-0.4, -0.2) is 60.0 Å². The summed E-state index contributed by atoms with van der Waals surface area (Å²) in [7, 11) is 0. The fourth-order valence-corrected chi connectivity index (χ4v) is 5.97. The van der Waals surface area contributed by atoms with Crippen molar-refractivity contribution in [2.75, 3.05) is 44.2 Å². The van der Waals surface area contributed by atoms with Crippen molar-refractivity contribution in [3.05, 3.63) is 70.4 Å². The zero-order valence-electron chi connectivity index (χ0n) is 19.0. The van der Waals surface area contributed by atoms with Gasteiger partial charge in [-0.05, 0) is 43.2 Å². The van der Waals surface area contributed by atoms with Crippen LogP contribution in [0.2, 0.25) is 5.02 Å². The largest absolute Gasteiger partial charge is 0.357 e. The quantitative estimate of drug-likeness (QED) is 0.487. The average molecular weight is 499 g/mol. The molecule has 4 heterocycles. The number of amides is 1. The van der Waals surface area contributed by atoms with E-state index in [-0.39, 0.29) is 11.7 Å². The summed E-state index contributed by atoms with van der Waals surface area (Å²) in [6.07, 6.45) is 3.39. The Morgan fingerprint density at radius 2 is 1.76 bits per heavy atom. The van der Waals surface area contributed by atoms with Crippen LogP contribution in [0.25, 0.3) is 10.4 Å². The second kappa shape index (κ2) is 10.4. The normalized spacial score (nSPS) is 17.8. The SMILES string of the molecule is O=C(C1CCN(c2ccc(Cl)cn2)CC1)N1CCN(Cc2ccc(-c3ccccc3F)s2)CC1. The van der Waals surface area contributed by atoms with E-state index in [1.807, 2.05) is 35.2 Å². The molecule has 0 spiro atoms. The predicted octanol–water partition coefficient (Wildman–Crippen LogP) is 5.16. The Balaban J connectivity index is 1.09. The van der Waals surface area contributed by atoms with Gasteiger partial charge in [-0.15, -0.1) is 11.3 Å². The Kier molecular flexibility index (Phi) is 7.13. The van der Waals surface area contributed by atoms with Gasteiger partial charge in [-0.2, -0.15) is 0 Å². The van der Waals surface area contributed by atoms with E-state index in [0.29, 0.717) is 16.5 Å². The van der Waals surface area contributed by atoms with Crippen molar-refractivity contribution in [1.29, 1.82) is 0 Å². The summed E-state index contributed by atoms with van der Waals surface area (Å²) in [6.45, 7) is 5.79. The summed E-state index contributed by atoms with van der Waals surface area (Å²) in [5.74, 6) is 1.13. The molecule has 2 aliphatic rings. The third-order valence-electron chi connectivity index (χ3n) is 6.74. The second-order valence-corrected chi connectivity index (χ2v) is 10.5. The van der Waals surface area contributed by atoms with Gasteiger partial charge >= 0.3 is 0 Å². The maximum absolute atomic E-state index is 14.1. The molecule has 0 unspecified atom stereocenters. The van der Waals surface area contributed by atoms with Crippen LogP contribution in [0.5, 0.6) is 0 Å². The number of aromatic nitrogens is 1. The van der Waals surface area contributed by atoms with E-state index in [1.165, 1.54) is 10.9 Å². The lowest BCUT2D eigenvalue weighted by Crippen LogP contribution is -2.51. The Bertz CT molecular complexity index is 1120. The molecule has 34 heavy (non-hydrogen) atoms. The number of nitrogens with zero attached hydrogens (tertiary/aromatic N) is 4. The van der Waals surface area contributed by atoms with Gasteiger partial charge in [0, 0.05) is 73.2 Å². The van der Waals surface area contributed by atoms with Gasteiger partial charge in [-0.3, -0.25) is 9.69 Å². The monoisotopic (exact) mass is 498 g/mol. The zero-order chi connectivity index (χ0) is 23.5. The number of hydrogen-bond acceptors (Lipinski definition) is 5. The highest BCUT2D eigenvalue weighted by molar-refractivity contribution is 7.15. The molecule has 0 atom stereocenters. The summed E-state index contributed by atoms with van der Waals surface area (Å²) in [5, 5.41) is 0.637. The molecule has 5 rings (SSSR count). The highest BCUT2D eigenvalue weighted by atomic mass is 35.5. The van der Waals surface area contributed by atoms with Gasteiger partial charge in [-0.25, -0.2) is 9.37 Å². The third kappa shape index (κ3) is 5.27. The van der Waals surface area contributed by atoms with Crippen molar-refractivity contribution in [2.24, 2.45) is 5.92 Å². The summed E-state index contributed by atoms with van der Waals surface area (Å²) in [4.78, 5) is 26.4. The van der Waals surface area contributed by atoms with Gasteiger partial charge in [-0.1, -0.05) is 29.8 Å². The van der Waals surface area contributed by atoms with Crippen molar-refractivity contribution in [3.63, 3.8) is 0 Å². The molecule has 2 fully saturated rings. The number of pyridine rings is 1. The lowest BCUT2D eigenvalue weighted by atomic mass is 9.95. The Hall–Kier alpha value is -2.48. The number of halogens is 2. The van der Waals surface area contributed by atoms with Gasteiger partial charge in [0.15, 0.2) is 0 Å². The van der Waals surface area contributed by atoms with E-state index >= 15 is 0 Å². The number of benzene rings is 1. The standard InChI is InChI=1S/C26H28ClFN4OS/c27-20-5-8-25(29-17-20)31-11-9-19(10-12-31)26(33)32-15-13-30(14-16-32)18-21-6-7-24(34-21)22-3-1-2-4-23(22)28/h1-8,17,19H,9-16,18H2. The van der Waals surface area contributed by atoms with Crippen LogP contribution >= 0.6 is 22.9 Å². The fourth-order valence-electron chi connectivity index (χ4n) is 4.78. The first-order chi connectivity index (χ1) is 16.6. The second-order valence-electron chi connectivity index (χ2n) is 8.94. The molecule has 0 bridgehead atoms. The van der Waals surface area contributed by atoms with Crippen molar-refractivity contribution in [2.45, 2.75) is 19.4 Å². The minimum Gasteiger partial charge on any atom is -0.357 e. The number of hydrogen-bond donors (Lipinski definition) is 0. The van der Waals surface area contributed by atoms with Crippen molar-refractivity contribution < 1.29 is 9.18 Å². The molecule has 0 aliphatic carbocycles. The molecule has 3 aromatic rings. The van der Waals surface area contributed by atoms with Crippen LogP contribution < -0.4 is 4.90 Å². The number of piperazine rings is 1. The van der Waals surface area contributed by atoms with E-state index in [2.05, 4.69) is 20.9 Å². The van der Waals surface area contributed by atoms with E-state index in [9.17, 15) is 9.18 Å². The van der Waals surface area contributed by atoms with Crippen LogP contribution in [-0.2, 0) is 11.3 Å². The van der Waals surface area contributed by atoms with E-state index in [0.717, 1.165) is 69.3 Å². The molecule has 2 aliphatic heterocycles. The van der Waals surface area contributed by atoms with Crippen LogP contribution in [0.15, 0.2) is 54.7 Å². The third-order valence-corrected chi connectivity index (χ3v) is 8.07. The van der Waals surface area contributed by atoms with Gasteiger partial charge in [0.2, 0.25) is 5.91 Å².